The van der Waals surface area contributed by atoms with Crippen molar-refractivity contribution in [1.82, 2.24) is 5.32 Å². The summed E-state index contributed by atoms with van der Waals surface area (Å²) in [6.45, 7) is 0. The summed E-state index contributed by atoms with van der Waals surface area (Å²) >= 11 is 0. The molecule has 5 rings (SSSR count). The minimum atomic E-state index is -3.29. The molecule has 31 heavy (non-hydrogen) atoms. The molecule has 0 radical (unpaired) electrons. The van der Waals surface area contributed by atoms with E-state index in [9.17, 15) is 4.57 Å². The largest absolute Gasteiger partial charge is 0.314 e. The molecule has 1 saturated heterocycles. The highest BCUT2D eigenvalue weighted by Crippen LogP contribution is 2.65. The van der Waals surface area contributed by atoms with Gasteiger partial charge >= 0.3 is 0 Å². The van der Waals surface area contributed by atoms with Crippen LogP contribution in [0.2, 0.25) is 0 Å². The molecule has 3 nitrogen and oxygen atoms in total. The first kappa shape index (κ1) is 20.0. The first-order valence-electron chi connectivity index (χ1n) is 10.5. The minimum Gasteiger partial charge on any atom is -0.314 e. The third-order valence-corrected chi connectivity index (χ3v) is 8.45. The van der Waals surface area contributed by atoms with E-state index in [4.69, 9.17) is 4.52 Å². The Balaban J connectivity index is 1.67. The highest BCUT2D eigenvalue weighted by molar-refractivity contribution is 7.67. The Kier molecular flexibility index (Phi) is 5.57. The van der Waals surface area contributed by atoms with Gasteiger partial charge in [-0.2, -0.15) is 0 Å². The smallest absolute Gasteiger partial charge is 0.253 e. The fourth-order valence-electron chi connectivity index (χ4n) is 4.25. The van der Waals surface area contributed by atoms with E-state index in [2.05, 4.69) is 17.4 Å². The number of benzene rings is 4. The predicted octanol–water partition coefficient (Wildman–Crippen LogP) is 6.39. The molecular formula is C27H24NO2P. The fraction of sp³-hybridized carbons (Fsp3) is 0.111. The summed E-state index contributed by atoms with van der Waals surface area (Å²) in [5, 5.41) is 4.46. The van der Waals surface area contributed by atoms with Crippen molar-refractivity contribution >= 4 is 12.7 Å². The quantitative estimate of drug-likeness (QED) is 0.385. The van der Waals surface area contributed by atoms with Crippen LogP contribution in [0.1, 0.15) is 34.6 Å². The zero-order valence-electron chi connectivity index (χ0n) is 17.0. The molecule has 1 heterocycles. The molecule has 0 spiro atoms. The Bertz CT molecular complexity index is 1170. The van der Waals surface area contributed by atoms with Crippen LogP contribution in [0.5, 0.6) is 0 Å². The molecule has 1 fully saturated rings. The maximum absolute atomic E-state index is 14.6. The zero-order chi connectivity index (χ0) is 21.1. The molecule has 1 unspecified atom stereocenters. The van der Waals surface area contributed by atoms with Crippen molar-refractivity contribution in [3.8, 4) is 0 Å². The molecule has 1 N–H and O–H groups in total. The highest BCUT2D eigenvalue weighted by atomic mass is 31.2. The van der Waals surface area contributed by atoms with E-state index in [0.29, 0.717) is 0 Å². The van der Waals surface area contributed by atoms with Crippen molar-refractivity contribution in [3.05, 3.63) is 138 Å². The molecule has 154 valence electrons. The summed E-state index contributed by atoms with van der Waals surface area (Å²) in [4.78, 5) is 0. The normalized spacial score (nSPS) is 25.7. The molecule has 4 heteroatoms. The van der Waals surface area contributed by atoms with Crippen molar-refractivity contribution in [1.29, 1.82) is 0 Å². The van der Waals surface area contributed by atoms with Gasteiger partial charge in [-0.15, -0.1) is 0 Å². The van der Waals surface area contributed by atoms with Gasteiger partial charge in [0, 0.05) is 5.30 Å². The van der Waals surface area contributed by atoms with Gasteiger partial charge in [-0.3, -0.25) is 9.88 Å². The Morgan fingerprint density at radius 2 is 1.03 bits per heavy atom. The van der Waals surface area contributed by atoms with Gasteiger partial charge in [-0.25, -0.2) is 0 Å². The Morgan fingerprint density at radius 1 is 0.581 bits per heavy atom. The lowest BCUT2D eigenvalue weighted by Gasteiger charge is -2.43. The molecule has 0 amide bonds. The molecule has 1 aliphatic rings. The van der Waals surface area contributed by atoms with E-state index in [1.807, 2.05) is 109 Å². The minimum absolute atomic E-state index is 0.139. The van der Waals surface area contributed by atoms with E-state index in [0.717, 1.165) is 22.0 Å². The van der Waals surface area contributed by atoms with E-state index in [1.165, 1.54) is 0 Å². The Morgan fingerprint density at radius 3 is 1.58 bits per heavy atom. The van der Waals surface area contributed by atoms with Gasteiger partial charge in [0.15, 0.2) is 0 Å². The first-order chi connectivity index (χ1) is 15.3. The summed E-state index contributed by atoms with van der Waals surface area (Å²) in [7, 11) is -3.29. The summed E-state index contributed by atoms with van der Waals surface area (Å²) in [6, 6.07) is 39.7. The maximum atomic E-state index is 14.6. The van der Waals surface area contributed by atoms with Gasteiger partial charge in [0.05, 0.1) is 6.04 Å². The van der Waals surface area contributed by atoms with Crippen molar-refractivity contribution in [2.75, 3.05) is 0 Å². The Labute approximate surface area is 183 Å². The van der Waals surface area contributed by atoms with E-state index in [1.54, 1.807) is 0 Å². The number of hydrogen-bond donors (Lipinski definition) is 1. The van der Waals surface area contributed by atoms with Crippen LogP contribution >= 0.6 is 7.37 Å². The van der Waals surface area contributed by atoms with Gasteiger partial charge in [-0.05, 0) is 28.8 Å². The van der Waals surface area contributed by atoms with Crippen LogP contribution in [0.25, 0.3) is 0 Å². The van der Waals surface area contributed by atoms with Crippen molar-refractivity contribution in [2.45, 2.75) is 17.9 Å². The molecule has 0 aromatic heterocycles. The average Bonchev–Trinajstić information content (AvgIpc) is 2.86. The van der Waals surface area contributed by atoms with Crippen LogP contribution in [0.4, 0.5) is 0 Å². The van der Waals surface area contributed by atoms with Crippen molar-refractivity contribution in [2.24, 2.45) is 0 Å². The monoisotopic (exact) mass is 425 g/mol. The lowest BCUT2D eigenvalue weighted by molar-refractivity contribution is 0.127. The average molecular weight is 425 g/mol. The molecule has 4 aromatic rings. The molecule has 4 aromatic carbocycles. The first-order valence-corrected chi connectivity index (χ1v) is 12.2. The topological polar surface area (TPSA) is 38.3 Å². The molecule has 0 aliphatic carbocycles. The number of rotatable bonds is 4. The van der Waals surface area contributed by atoms with Crippen LogP contribution in [0.15, 0.2) is 121 Å². The van der Waals surface area contributed by atoms with Gasteiger partial charge in [0.25, 0.3) is 7.37 Å². The standard InChI is InChI=1S/C27H24NO2P/c29-31(24-19-11-4-12-20-24)27(23-17-9-3-10-18-23)28-25(21-13-5-1-6-14-21)26(30-31)22-15-7-2-8-16-22/h1-20,25-28H/t25-,26+,27-,31?/m1/s1. The van der Waals surface area contributed by atoms with Gasteiger partial charge in [-0.1, -0.05) is 109 Å². The lowest BCUT2D eigenvalue weighted by Crippen LogP contribution is -2.39. The third kappa shape index (κ3) is 3.88. The SMILES string of the molecule is O=P1(c2ccccc2)O[C@@H](c2ccccc2)[C@@H](c2ccccc2)N[C@H]1c1ccccc1. The molecule has 1 aliphatic heterocycles. The van der Waals surface area contributed by atoms with Crippen LogP contribution in [0, 0.1) is 0 Å². The second-order valence-electron chi connectivity index (χ2n) is 7.74. The predicted molar refractivity (Wildman–Crippen MR) is 125 cm³/mol. The summed E-state index contributed by atoms with van der Waals surface area (Å²) < 4.78 is 21.3. The number of hydrogen-bond acceptors (Lipinski definition) is 3. The number of nitrogens with one attached hydrogen (secondary N) is 1. The fourth-order valence-corrected chi connectivity index (χ4v) is 6.88. The van der Waals surface area contributed by atoms with Gasteiger partial charge in [0.2, 0.25) is 0 Å². The van der Waals surface area contributed by atoms with E-state index < -0.39 is 13.2 Å². The van der Waals surface area contributed by atoms with Crippen LogP contribution in [-0.4, -0.2) is 0 Å². The van der Waals surface area contributed by atoms with Crippen LogP contribution in [0.3, 0.4) is 0 Å². The molecule has 0 bridgehead atoms. The van der Waals surface area contributed by atoms with Gasteiger partial charge < -0.3 is 4.52 Å². The molecular weight excluding hydrogens is 401 g/mol. The van der Waals surface area contributed by atoms with E-state index >= 15 is 0 Å². The highest BCUT2D eigenvalue weighted by Gasteiger charge is 2.48. The van der Waals surface area contributed by atoms with Gasteiger partial charge in [0.1, 0.15) is 11.9 Å². The summed E-state index contributed by atoms with van der Waals surface area (Å²) in [6.07, 6.45) is -0.380. The summed E-state index contributed by atoms with van der Waals surface area (Å²) in [5.41, 5.74) is 3.07. The second-order valence-corrected chi connectivity index (χ2v) is 10.2. The lowest BCUT2D eigenvalue weighted by atomic mass is 9.95. The molecule has 4 atom stereocenters. The van der Waals surface area contributed by atoms with Crippen molar-refractivity contribution < 1.29 is 9.09 Å². The van der Waals surface area contributed by atoms with Crippen molar-refractivity contribution in [3.63, 3.8) is 0 Å². The van der Waals surface area contributed by atoms with Crippen LogP contribution in [-0.2, 0) is 9.09 Å². The van der Waals surface area contributed by atoms with Crippen LogP contribution < -0.4 is 10.6 Å². The molecule has 0 saturated carbocycles. The third-order valence-electron chi connectivity index (χ3n) is 5.77. The zero-order valence-corrected chi connectivity index (χ0v) is 17.9. The Hall–Kier alpha value is -2.97. The maximum Gasteiger partial charge on any atom is 0.253 e. The van der Waals surface area contributed by atoms with E-state index in [-0.39, 0.29) is 12.1 Å². The second kappa shape index (κ2) is 8.64. The summed E-state index contributed by atoms with van der Waals surface area (Å²) in [5.74, 6) is -0.443.